The average Bonchev–Trinajstić information content (AvgIpc) is 2.26. The molecule has 0 aliphatic carbocycles. The summed E-state index contributed by atoms with van der Waals surface area (Å²) in [5.41, 5.74) is 0.754. The third-order valence-corrected chi connectivity index (χ3v) is 2.60. The van der Waals surface area contributed by atoms with E-state index >= 15 is 0 Å². The number of alkyl halides is 2. The zero-order chi connectivity index (χ0) is 11.8. The molecule has 90 valence electrons. The summed E-state index contributed by atoms with van der Waals surface area (Å²) in [4.78, 5) is 0. The molecule has 0 heterocycles. The Bertz CT molecular complexity index is 310. The summed E-state index contributed by atoms with van der Waals surface area (Å²) >= 11 is 1.74. The van der Waals surface area contributed by atoms with Crippen LogP contribution in [0, 0.1) is 0 Å². The maximum absolute atomic E-state index is 12.1. The molecule has 0 saturated carbocycles. The van der Waals surface area contributed by atoms with Gasteiger partial charge in [-0.25, -0.2) is 0 Å². The molecular weight excluding hydrogens is 232 g/mol. The summed E-state index contributed by atoms with van der Waals surface area (Å²) in [5, 5.41) is 3.17. The smallest absolute Gasteiger partial charge is 0.387 e. The highest BCUT2D eigenvalue weighted by molar-refractivity contribution is 7.98. The molecule has 0 bridgehead atoms. The van der Waals surface area contributed by atoms with Crippen molar-refractivity contribution in [3.05, 3.63) is 29.8 Å². The molecular formula is C11H15F2NOS. The third kappa shape index (κ3) is 4.81. The molecule has 0 unspecified atom stereocenters. The number of nitrogens with one attached hydrogen (secondary N) is 1. The van der Waals surface area contributed by atoms with Crippen molar-refractivity contribution in [2.45, 2.75) is 13.2 Å². The van der Waals surface area contributed by atoms with Gasteiger partial charge < -0.3 is 10.1 Å². The predicted molar refractivity (Wildman–Crippen MR) is 63.2 cm³/mol. The van der Waals surface area contributed by atoms with Gasteiger partial charge in [0.05, 0.1) is 0 Å². The number of halogens is 2. The van der Waals surface area contributed by atoms with Gasteiger partial charge in [0.25, 0.3) is 0 Å². The third-order valence-electron chi connectivity index (χ3n) is 1.99. The van der Waals surface area contributed by atoms with Gasteiger partial charge in [0.15, 0.2) is 0 Å². The van der Waals surface area contributed by atoms with E-state index in [4.69, 9.17) is 0 Å². The summed E-state index contributed by atoms with van der Waals surface area (Å²) in [7, 11) is 0. The quantitative estimate of drug-likeness (QED) is 0.749. The Kier molecular flexibility index (Phi) is 6.18. The molecule has 0 aliphatic heterocycles. The highest BCUT2D eigenvalue weighted by atomic mass is 32.2. The Morgan fingerprint density at radius 2 is 2.12 bits per heavy atom. The van der Waals surface area contributed by atoms with E-state index in [0.29, 0.717) is 6.54 Å². The van der Waals surface area contributed by atoms with Crippen LogP contribution in [0.5, 0.6) is 5.75 Å². The Hall–Kier alpha value is -0.810. The molecule has 2 nitrogen and oxygen atoms in total. The molecule has 1 N–H and O–H groups in total. The van der Waals surface area contributed by atoms with Crippen molar-refractivity contribution < 1.29 is 13.5 Å². The number of rotatable bonds is 7. The summed E-state index contributed by atoms with van der Waals surface area (Å²) in [5.74, 6) is 1.24. The average molecular weight is 247 g/mol. The van der Waals surface area contributed by atoms with E-state index in [2.05, 4.69) is 10.1 Å². The van der Waals surface area contributed by atoms with Gasteiger partial charge in [0.1, 0.15) is 5.75 Å². The topological polar surface area (TPSA) is 21.3 Å². The van der Waals surface area contributed by atoms with Gasteiger partial charge in [-0.15, -0.1) is 0 Å². The van der Waals surface area contributed by atoms with Crippen LogP contribution in [0.25, 0.3) is 0 Å². The summed E-state index contributed by atoms with van der Waals surface area (Å²) < 4.78 is 28.6. The van der Waals surface area contributed by atoms with Crippen molar-refractivity contribution in [3.8, 4) is 5.75 Å². The van der Waals surface area contributed by atoms with E-state index in [1.807, 2.05) is 12.3 Å². The molecule has 0 amide bonds. The largest absolute Gasteiger partial charge is 0.434 e. The molecule has 0 saturated heterocycles. The van der Waals surface area contributed by atoms with E-state index < -0.39 is 6.61 Å². The van der Waals surface area contributed by atoms with Gasteiger partial charge in [-0.05, 0) is 12.3 Å². The van der Waals surface area contributed by atoms with Crippen LogP contribution in [0.2, 0.25) is 0 Å². The Morgan fingerprint density at radius 3 is 2.81 bits per heavy atom. The molecule has 0 fully saturated rings. The van der Waals surface area contributed by atoms with Gasteiger partial charge >= 0.3 is 6.61 Å². The standard InChI is InChI=1S/C11H15F2NOS/c1-16-7-6-14-8-9-4-2-3-5-10(9)15-11(12)13/h2-5,11,14H,6-8H2,1H3. The molecule has 1 rings (SSSR count). The first-order valence-electron chi connectivity index (χ1n) is 4.96. The second-order valence-electron chi connectivity index (χ2n) is 3.16. The van der Waals surface area contributed by atoms with Crippen LogP contribution in [-0.2, 0) is 6.54 Å². The normalized spacial score (nSPS) is 10.8. The van der Waals surface area contributed by atoms with Gasteiger partial charge in [-0.2, -0.15) is 20.5 Å². The van der Waals surface area contributed by atoms with Crippen LogP contribution in [-0.4, -0.2) is 25.2 Å². The summed E-state index contributed by atoms with van der Waals surface area (Å²) in [6.45, 7) is -1.37. The number of thioether (sulfide) groups is 1. The second-order valence-corrected chi connectivity index (χ2v) is 4.14. The molecule has 0 aromatic heterocycles. The van der Waals surface area contributed by atoms with Crippen molar-refractivity contribution in [3.63, 3.8) is 0 Å². The van der Waals surface area contributed by atoms with Crippen LogP contribution in [0.15, 0.2) is 24.3 Å². The molecule has 0 aliphatic rings. The Morgan fingerprint density at radius 1 is 1.38 bits per heavy atom. The van der Waals surface area contributed by atoms with Crippen LogP contribution in [0.4, 0.5) is 8.78 Å². The van der Waals surface area contributed by atoms with E-state index in [9.17, 15) is 8.78 Å². The van der Waals surface area contributed by atoms with Crippen LogP contribution < -0.4 is 10.1 Å². The number of hydrogen-bond donors (Lipinski definition) is 1. The lowest BCUT2D eigenvalue weighted by molar-refractivity contribution is -0.0504. The molecule has 5 heteroatoms. The SMILES string of the molecule is CSCCNCc1ccccc1OC(F)F. The lowest BCUT2D eigenvalue weighted by atomic mass is 10.2. The zero-order valence-corrected chi connectivity index (χ0v) is 9.90. The van der Waals surface area contributed by atoms with Gasteiger partial charge in [0.2, 0.25) is 0 Å². The summed E-state index contributed by atoms with van der Waals surface area (Å²) in [6.07, 6.45) is 2.02. The molecule has 0 atom stereocenters. The van der Waals surface area contributed by atoms with E-state index in [1.54, 1.807) is 30.0 Å². The van der Waals surface area contributed by atoms with Gasteiger partial charge in [-0.3, -0.25) is 0 Å². The van der Waals surface area contributed by atoms with Crippen LogP contribution >= 0.6 is 11.8 Å². The first kappa shape index (κ1) is 13.3. The van der Waals surface area contributed by atoms with Gasteiger partial charge in [-0.1, -0.05) is 18.2 Å². The fraction of sp³-hybridized carbons (Fsp3) is 0.455. The van der Waals surface area contributed by atoms with Crippen LogP contribution in [0.3, 0.4) is 0 Å². The van der Waals surface area contributed by atoms with E-state index in [-0.39, 0.29) is 5.75 Å². The number of benzene rings is 1. The minimum atomic E-state index is -2.77. The van der Waals surface area contributed by atoms with Gasteiger partial charge in [0, 0.05) is 24.4 Å². The van der Waals surface area contributed by atoms with E-state index in [1.165, 1.54) is 0 Å². The molecule has 1 aromatic carbocycles. The van der Waals surface area contributed by atoms with E-state index in [0.717, 1.165) is 17.9 Å². The number of hydrogen-bond acceptors (Lipinski definition) is 3. The highest BCUT2D eigenvalue weighted by Crippen LogP contribution is 2.19. The number of ether oxygens (including phenoxy) is 1. The zero-order valence-electron chi connectivity index (χ0n) is 9.08. The fourth-order valence-electron chi connectivity index (χ4n) is 1.26. The minimum Gasteiger partial charge on any atom is -0.434 e. The number of para-hydroxylation sites is 1. The fourth-order valence-corrected chi connectivity index (χ4v) is 1.61. The first-order chi connectivity index (χ1) is 7.74. The lowest BCUT2D eigenvalue weighted by Gasteiger charge is -2.10. The monoisotopic (exact) mass is 247 g/mol. The molecule has 0 spiro atoms. The molecule has 1 aromatic rings. The van der Waals surface area contributed by atoms with Crippen molar-refractivity contribution in [2.24, 2.45) is 0 Å². The van der Waals surface area contributed by atoms with Crippen molar-refractivity contribution in [1.29, 1.82) is 0 Å². The predicted octanol–water partition coefficient (Wildman–Crippen LogP) is 2.74. The first-order valence-corrected chi connectivity index (χ1v) is 6.36. The highest BCUT2D eigenvalue weighted by Gasteiger charge is 2.08. The van der Waals surface area contributed by atoms with Crippen molar-refractivity contribution >= 4 is 11.8 Å². The Labute approximate surface area is 98.4 Å². The minimum absolute atomic E-state index is 0.245. The summed E-state index contributed by atoms with van der Waals surface area (Å²) in [6, 6.07) is 6.83. The Balaban J connectivity index is 2.50. The molecule has 0 radical (unpaired) electrons. The van der Waals surface area contributed by atoms with Crippen molar-refractivity contribution in [1.82, 2.24) is 5.32 Å². The van der Waals surface area contributed by atoms with Crippen LogP contribution in [0.1, 0.15) is 5.56 Å². The lowest BCUT2D eigenvalue weighted by Crippen LogP contribution is -2.17. The second kappa shape index (κ2) is 7.46. The maximum Gasteiger partial charge on any atom is 0.387 e. The van der Waals surface area contributed by atoms with Crippen molar-refractivity contribution in [2.75, 3.05) is 18.6 Å². The molecule has 16 heavy (non-hydrogen) atoms. The maximum atomic E-state index is 12.1.